The highest BCUT2D eigenvalue weighted by Gasteiger charge is 2.43. The molecule has 2 aromatic carbocycles. The maximum absolute atomic E-state index is 13.2. The molecule has 1 fully saturated rings. The summed E-state index contributed by atoms with van der Waals surface area (Å²) < 4.78 is 52.4. The molecule has 0 bridgehead atoms. The van der Waals surface area contributed by atoms with E-state index in [0.29, 0.717) is 19.8 Å². The van der Waals surface area contributed by atoms with Crippen molar-refractivity contribution in [2.45, 2.75) is 38.0 Å². The molecule has 7 nitrogen and oxygen atoms in total. The zero-order chi connectivity index (χ0) is 22.8. The van der Waals surface area contributed by atoms with Crippen LogP contribution in [0.1, 0.15) is 17.5 Å². The number of aryl methyl sites for hydroxylation is 1. The predicted octanol–water partition coefficient (Wildman–Crippen LogP) is 4.03. The van der Waals surface area contributed by atoms with Gasteiger partial charge >= 0.3 is 6.29 Å². The molecule has 1 saturated heterocycles. The zero-order valence-corrected chi connectivity index (χ0v) is 18.1. The molecule has 9 heteroatoms. The number of ether oxygens (including phenoxy) is 5. The van der Waals surface area contributed by atoms with Crippen LogP contribution in [0.25, 0.3) is 10.9 Å². The van der Waals surface area contributed by atoms with E-state index in [4.69, 9.17) is 14.2 Å². The van der Waals surface area contributed by atoms with Gasteiger partial charge in [0.2, 0.25) is 0 Å². The third-order valence-corrected chi connectivity index (χ3v) is 5.72. The van der Waals surface area contributed by atoms with Crippen LogP contribution in [-0.4, -0.2) is 43.9 Å². The van der Waals surface area contributed by atoms with Crippen LogP contribution in [0, 0.1) is 0 Å². The molecule has 0 amide bonds. The van der Waals surface area contributed by atoms with Crippen molar-refractivity contribution in [3.63, 3.8) is 0 Å². The fourth-order valence-electron chi connectivity index (χ4n) is 3.99. The van der Waals surface area contributed by atoms with Gasteiger partial charge in [-0.1, -0.05) is 6.07 Å². The van der Waals surface area contributed by atoms with Crippen molar-refractivity contribution in [1.82, 2.24) is 10.3 Å². The van der Waals surface area contributed by atoms with Crippen molar-refractivity contribution in [3.8, 4) is 17.2 Å². The minimum absolute atomic E-state index is 0.000805. The summed E-state index contributed by atoms with van der Waals surface area (Å²) in [5.74, 6) is 0.875. The van der Waals surface area contributed by atoms with Gasteiger partial charge in [0.05, 0.1) is 31.9 Å². The second kappa shape index (κ2) is 9.09. The number of halogens is 2. The molecule has 5 rings (SSSR count). The van der Waals surface area contributed by atoms with E-state index >= 15 is 0 Å². The number of pyridine rings is 1. The van der Waals surface area contributed by atoms with E-state index in [1.165, 1.54) is 11.6 Å². The van der Waals surface area contributed by atoms with Crippen molar-refractivity contribution >= 4 is 10.9 Å². The molecule has 174 valence electrons. The summed E-state index contributed by atoms with van der Waals surface area (Å²) in [5, 5.41) is 4.39. The van der Waals surface area contributed by atoms with E-state index in [-0.39, 0.29) is 23.8 Å². The molecule has 0 aliphatic carbocycles. The zero-order valence-electron chi connectivity index (χ0n) is 18.1. The highest BCUT2D eigenvalue weighted by Crippen LogP contribution is 2.41. The van der Waals surface area contributed by atoms with Crippen molar-refractivity contribution in [1.29, 1.82) is 0 Å². The van der Waals surface area contributed by atoms with E-state index < -0.39 is 6.29 Å². The van der Waals surface area contributed by atoms with Crippen molar-refractivity contribution in [3.05, 3.63) is 59.8 Å². The Morgan fingerprint density at radius 3 is 2.70 bits per heavy atom. The lowest BCUT2D eigenvalue weighted by Gasteiger charge is -2.30. The number of nitrogens with zero attached hydrogens (tertiary/aromatic N) is 1. The second-order valence-corrected chi connectivity index (χ2v) is 8.01. The van der Waals surface area contributed by atoms with Crippen LogP contribution in [0.5, 0.6) is 17.2 Å². The molecule has 2 aliphatic heterocycles. The van der Waals surface area contributed by atoms with Gasteiger partial charge in [-0.25, -0.2) is 0 Å². The first-order chi connectivity index (χ1) is 16.0. The van der Waals surface area contributed by atoms with E-state index in [2.05, 4.69) is 19.8 Å². The predicted molar refractivity (Wildman–Crippen MR) is 116 cm³/mol. The molecule has 33 heavy (non-hydrogen) atoms. The topological polar surface area (TPSA) is 71.1 Å². The molecule has 0 spiro atoms. The number of hydrogen-bond acceptors (Lipinski definition) is 7. The number of hydrogen-bond donors (Lipinski definition) is 1. The Bertz CT molecular complexity index is 1140. The summed E-state index contributed by atoms with van der Waals surface area (Å²) >= 11 is 0. The van der Waals surface area contributed by atoms with Gasteiger partial charge in [-0.05, 0) is 53.9 Å². The molecule has 1 aromatic heterocycles. The average molecular weight is 458 g/mol. The molecular weight excluding hydrogens is 434 g/mol. The summed E-state index contributed by atoms with van der Waals surface area (Å²) in [4.78, 5) is 4.42. The van der Waals surface area contributed by atoms with Crippen molar-refractivity contribution in [2.24, 2.45) is 0 Å². The normalized spacial score (nSPS) is 21.3. The van der Waals surface area contributed by atoms with Crippen LogP contribution >= 0.6 is 0 Å². The summed E-state index contributed by atoms with van der Waals surface area (Å²) in [6.45, 7) is 1.46. The first-order valence-corrected chi connectivity index (χ1v) is 10.8. The summed E-state index contributed by atoms with van der Waals surface area (Å²) in [7, 11) is 1.65. The molecule has 1 N–H and O–H groups in total. The molecular formula is C24H24F2N2O5. The van der Waals surface area contributed by atoms with Gasteiger partial charge in [-0.15, -0.1) is 8.78 Å². The van der Waals surface area contributed by atoms with E-state index in [1.807, 2.05) is 30.5 Å². The lowest BCUT2D eigenvalue weighted by atomic mass is 10.0. The number of fused-ring (bicyclic) bond motifs is 2. The van der Waals surface area contributed by atoms with Crippen LogP contribution in [0.15, 0.2) is 48.7 Å². The quantitative estimate of drug-likeness (QED) is 0.573. The van der Waals surface area contributed by atoms with Gasteiger partial charge in [0.25, 0.3) is 0 Å². The number of aromatic nitrogens is 1. The minimum Gasteiger partial charge on any atom is -0.497 e. The number of alkyl halides is 2. The van der Waals surface area contributed by atoms with E-state index in [0.717, 1.165) is 35.1 Å². The van der Waals surface area contributed by atoms with Crippen LogP contribution in [0.2, 0.25) is 0 Å². The number of nitrogens with one attached hydrogen (secondary N) is 1. The Morgan fingerprint density at radius 2 is 1.88 bits per heavy atom. The number of benzene rings is 2. The second-order valence-electron chi connectivity index (χ2n) is 8.01. The Morgan fingerprint density at radius 1 is 1.06 bits per heavy atom. The summed E-state index contributed by atoms with van der Waals surface area (Å²) in [6.07, 6.45) is -0.576. The molecule has 3 aromatic rings. The van der Waals surface area contributed by atoms with E-state index in [1.54, 1.807) is 19.2 Å². The average Bonchev–Trinajstić information content (AvgIpc) is 3.14. The largest absolute Gasteiger partial charge is 0.586 e. The maximum Gasteiger partial charge on any atom is 0.586 e. The lowest BCUT2D eigenvalue weighted by Crippen LogP contribution is -2.44. The molecule has 3 heterocycles. The Kier molecular flexibility index (Phi) is 6.01. The van der Waals surface area contributed by atoms with Gasteiger partial charge in [0.15, 0.2) is 17.8 Å². The van der Waals surface area contributed by atoms with Gasteiger partial charge < -0.3 is 29.0 Å². The highest BCUT2D eigenvalue weighted by molar-refractivity contribution is 5.83. The van der Waals surface area contributed by atoms with Crippen LogP contribution in [0.3, 0.4) is 0 Å². The molecule has 0 radical (unpaired) electrons. The first kappa shape index (κ1) is 21.8. The van der Waals surface area contributed by atoms with Crippen LogP contribution < -0.4 is 19.5 Å². The smallest absolute Gasteiger partial charge is 0.497 e. The van der Waals surface area contributed by atoms with Crippen LogP contribution in [0.4, 0.5) is 8.78 Å². The van der Waals surface area contributed by atoms with Crippen molar-refractivity contribution in [2.75, 3.05) is 20.3 Å². The van der Waals surface area contributed by atoms with Gasteiger partial charge in [0.1, 0.15) is 5.75 Å². The number of rotatable bonds is 7. The third kappa shape index (κ3) is 5.00. The minimum atomic E-state index is -3.61. The Balaban J connectivity index is 1.10. The third-order valence-electron chi connectivity index (χ3n) is 5.72. The Labute approximate surface area is 189 Å². The monoisotopic (exact) mass is 458 g/mol. The number of methoxy groups -OCH3 is 1. The van der Waals surface area contributed by atoms with Crippen molar-refractivity contribution < 1.29 is 32.5 Å². The van der Waals surface area contributed by atoms with Gasteiger partial charge in [-0.3, -0.25) is 4.98 Å². The summed E-state index contributed by atoms with van der Waals surface area (Å²) in [5.41, 5.74) is 2.90. The molecule has 0 unspecified atom stereocenters. The highest BCUT2D eigenvalue weighted by atomic mass is 19.3. The molecule has 2 aliphatic rings. The maximum atomic E-state index is 13.2. The van der Waals surface area contributed by atoms with Gasteiger partial charge in [-0.2, -0.15) is 0 Å². The fraction of sp³-hybridized carbons (Fsp3) is 0.375. The Hall–Kier alpha value is -3.01. The standard InChI is InChI=1S/C24H24F2N2O5/c1-29-18-4-5-20-19(11-18)16(8-9-27-20)3-7-23-30-13-17(14-31-23)28-12-15-2-6-21-22(10-15)33-24(25,26)32-21/h2,4-6,8-11,17,23,28H,3,7,12-14H2,1H3. The van der Waals surface area contributed by atoms with E-state index in [9.17, 15) is 8.78 Å². The fourth-order valence-corrected chi connectivity index (χ4v) is 3.99. The first-order valence-electron chi connectivity index (χ1n) is 10.8. The van der Waals surface area contributed by atoms with Gasteiger partial charge in [0, 0.05) is 24.5 Å². The van der Waals surface area contributed by atoms with Crippen LogP contribution in [-0.2, 0) is 22.4 Å². The SMILES string of the molecule is COc1ccc2nccc(CCC3OCC(NCc4ccc5c(c4)OC(F)(F)O5)CO3)c2c1. The lowest BCUT2D eigenvalue weighted by molar-refractivity contribution is -0.286. The summed E-state index contributed by atoms with van der Waals surface area (Å²) in [6, 6.07) is 12.6. The molecule has 0 atom stereocenters. The molecule has 0 saturated carbocycles.